The lowest BCUT2D eigenvalue weighted by Gasteiger charge is -2.33. The molecule has 0 spiro atoms. The highest BCUT2D eigenvalue weighted by atomic mass is 16.5. The molecule has 0 atom stereocenters. The van der Waals surface area contributed by atoms with Crippen LogP contribution in [0.3, 0.4) is 0 Å². The highest BCUT2D eigenvalue weighted by molar-refractivity contribution is 5.81. The molecule has 4 nitrogen and oxygen atoms in total. The number of ether oxygens (including phenoxy) is 2. The Labute approximate surface area is 131 Å². The third-order valence-corrected chi connectivity index (χ3v) is 5.10. The van der Waals surface area contributed by atoms with Gasteiger partial charge in [0.2, 0.25) is 0 Å². The molecule has 4 heteroatoms. The van der Waals surface area contributed by atoms with Gasteiger partial charge >= 0.3 is 5.97 Å². The summed E-state index contributed by atoms with van der Waals surface area (Å²) in [4.78, 5) is 11.9. The molecule has 0 radical (unpaired) electrons. The van der Waals surface area contributed by atoms with Gasteiger partial charge in [0, 0.05) is 13.2 Å². The Morgan fingerprint density at radius 2 is 2.00 bits per heavy atom. The zero-order valence-electron chi connectivity index (χ0n) is 12.9. The van der Waals surface area contributed by atoms with Gasteiger partial charge < -0.3 is 14.6 Å². The number of carbonyl (C=O) groups is 1. The Morgan fingerprint density at radius 1 is 1.27 bits per heavy atom. The number of carboxylic acid groups (broad SMARTS) is 1. The summed E-state index contributed by atoms with van der Waals surface area (Å²) in [5.74, 6) is 0.681. The molecule has 1 saturated carbocycles. The van der Waals surface area contributed by atoms with E-state index in [-0.39, 0.29) is 0 Å². The molecule has 0 unspecified atom stereocenters. The first-order chi connectivity index (χ1) is 10.7. The Kier molecular flexibility index (Phi) is 4.67. The van der Waals surface area contributed by atoms with Gasteiger partial charge in [0.05, 0.1) is 12.0 Å². The molecule has 2 fully saturated rings. The predicted molar refractivity (Wildman–Crippen MR) is 83.3 cm³/mol. The van der Waals surface area contributed by atoms with E-state index in [1.807, 2.05) is 24.3 Å². The fraction of sp³-hybridized carbons (Fsp3) is 0.611. The van der Waals surface area contributed by atoms with Crippen LogP contribution < -0.4 is 4.74 Å². The van der Waals surface area contributed by atoms with Crippen LogP contribution in [-0.2, 0) is 14.9 Å². The molecule has 1 saturated heterocycles. The van der Waals surface area contributed by atoms with Crippen molar-refractivity contribution in [3.63, 3.8) is 0 Å². The van der Waals surface area contributed by atoms with E-state index in [1.165, 1.54) is 25.7 Å². The largest absolute Gasteiger partial charge is 0.493 e. The standard InChI is InChI=1S/C18H24O4/c19-17(20)18(8-10-21-11-9-18)15-6-3-7-16(12-15)22-13-14-4-1-2-5-14/h3,6-7,12,14H,1-2,4-5,8-11,13H2,(H,19,20). The molecule has 1 aliphatic carbocycles. The van der Waals surface area contributed by atoms with Crippen molar-refractivity contribution in [2.75, 3.05) is 19.8 Å². The highest BCUT2D eigenvalue weighted by Gasteiger charge is 2.42. The lowest BCUT2D eigenvalue weighted by Crippen LogP contribution is -2.41. The van der Waals surface area contributed by atoms with E-state index in [0.717, 1.165) is 17.9 Å². The van der Waals surface area contributed by atoms with Crippen molar-refractivity contribution < 1.29 is 19.4 Å². The second-order valence-electron chi connectivity index (χ2n) is 6.49. The molecule has 3 rings (SSSR count). The first kappa shape index (κ1) is 15.3. The zero-order valence-corrected chi connectivity index (χ0v) is 12.9. The third kappa shape index (κ3) is 3.12. The average molecular weight is 304 g/mol. The van der Waals surface area contributed by atoms with E-state index in [1.54, 1.807) is 0 Å². The molecular weight excluding hydrogens is 280 g/mol. The second-order valence-corrected chi connectivity index (χ2v) is 6.49. The van der Waals surface area contributed by atoms with Crippen molar-refractivity contribution in [3.05, 3.63) is 29.8 Å². The monoisotopic (exact) mass is 304 g/mol. The van der Waals surface area contributed by atoms with E-state index < -0.39 is 11.4 Å². The molecule has 0 aromatic heterocycles. The molecule has 2 aliphatic rings. The number of hydrogen-bond donors (Lipinski definition) is 1. The maximum Gasteiger partial charge on any atom is 0.314 e. The van der Waals surface area contributed by atoms with E-state index in [9.17, 15) is 9.90 Å². The van der Waals surface area contributed by atoms with Crippen LogP contribution in [-0.4, -0.2) is 30.9 Å². The Balaban J connectivity index is 1.75. The Morgan fingerprint density at radius 3 is 2.68 bits per heavy atom. The van der Waals surface area contributed by atoms with Crippen LogP contribution in [0.15, 0.2) is 24.3 Å². The smallest absolute Gasteiger partial charge is 0.314 e. The van der Waals surface area contributed by atoms with Crippen molar-refractivity contribution in [3.8, 4) is 5.75 Å². The first-order valence-electron chi connectivity index (χ1n) is 8.25. The molecular formula is C18H24O4. The molecule has 120 valence electrons. The van der Waals surface area contributed by atoms with Crippen molar-refractivity contribution in [1.82, 2.24) is 0 Å². The van der Waals surface area contributed by atoms with Crippen molar-refractivity contribution in [2.45, 2.75) is 43.9 Å². The van der Waals surface area contributed by atoms with Crippen LogP contribution in [0, 0.1) is 5.92 Å². The second kappa shape index (κ2) is 6.69. The van der Waals surface area contributed by atoms with Crippen LogP contribution >= 0.6 is 0 Å². The molecule has 0 amide bonds. The van der Waals surface area contributed by atoms with Crippen molar-refractivity contribution >= 4 is 5.97 Å². The van der Waals surface area contributed by atoms with E-state index >= 15 is 0 Å². The van der Waals surface area contributed by atoms with E-state index in [2.05, 4.69) is 0 Å². The summed E-state index contributed by atoms with van der Waals surface area (Å²) < 4.78 is 11.3. The minimum atomic E-state index is -0.828. The molecule has 1 heterocycles. The van der Waals surface area contributed by atoms with Gasteiger partial charge in [-0.1, -0.05) is 25.0 Å². The number of carboxylic acids is 1. The molecule has 1 aromatic carbocycles. The molecule has 1 aliphatic heterocycles. The van der Waals surface area contributed by atoms with Gasteiger partial charge in [-0.15, -0.1) is 0 Å². The fourth-order valence-electron chi connectivity index (χ4n) is 3.62. The van der Waals surface area contributed by atoms with Gasteiger partial charge in [-0.25, -0.2) is 0 Å². The van der Waals surface area contributed by atoms with Crippen LogP contribution in [0.25, 0.3) is 0 Å². The summed E-state index contributed by atoms with van der Waals surface area (Å²) in [6.45, 7) is 1.74. The van der Waals surface area contributed by atoms with Crippen LogP contribution in [0.2, 0.25) is 0 Å². The summed E-state index contributed by atoms with van der Waals surface area (Å²) in [6.07, 6.45) is 6.14. The molecule has 22 heavy (non-hydrogen) atoms. The minimum absolute atomic E-state index is 0.499. The zero-order chi connectivity index (χ0) is 15.4. The number of aliphatic carboxylic acids is 1. The summed E-state index contributed by atoms with van der Waals surface area (Å²) >= 11 is 0. The van der Waals surface area contributed by atoms with Gasteiger partial charge in [0.1, 0.15) is 5.75 Å². The number of benzene rings is 1. The molecule has 0 bridgehead atoms. The highest BCUT2D eigenvalue weighted by Crippen LogP contribution is 2.37. The van der Waals surface area contributed by atoms with Crippen LogP contribution in [0.4, 0.5) is 0 Å². The minimum Gasteiger partial charge on any atom is -0.493 e. The number of rotatable bonds is 5. The van der Waals surface area contributed by atoms with Crippen molar-refractivity contribution in [1.29, 1.82) is 0 Å². The van der Waals surface area contributed by atoms with Gasteiger partial charge in [-0.2, -0.15) is 0 Å². The number of hydrogen-bond acceptors (Lipinski definition) is 3. The lowest BCUT2D eigenvalue weighted by molar-refractivity contribution is -0.147. The normalized spacial score (nSPS) is 21.6. The first-order valence-corrected chi connectivity index (χ1v) is 8.25. The molecule has 1 aromatic rings. The van der Waals surface area contributed by atoms with Gasteiger partial charge in [-0.3, -0.25) is 4.79 Å². The van der Waals surface area contributed by atoms with E-state index in [4.69, 9.17) is 9.47 Å². The maximum atomic E-state index is 11.9. The summed E-state index contributed by atoms with van der Waals surface area (Å²) in [5.41, 5.74) is 0.0116. The van der Waals surface area contributed by atoms with E-state index in [0.29, 0.717) is 32.0 Å². The quantitative estimate of drug-likeness (QED) is 0.906. The van der Waals surface area contributed by atoms with Crippen LogP contribution in [0.1, 0.15) is 44.1 Å². The Hall–Kier alpha value is -1.55. The summed E-state index contributed by atoms with van der Waals surface area (Å²) in [5, 5.41) is 9.74. The van der Waals surface area contributed by atoms with Gasteiger partial charge in [-0.05, 0) is 49.3 Å². The summed E-state index contributed by atoms with van der Waals surface area (Å²) in [7, 11) is 0. The van der Waals surface area contributed by atoms with Gasteiger partial charge in [0.15, 0.2) is 0 Å². The maximum absolute atomic E-state index is 11.9. The summed E-state index contributed by atoms with van der Waals surface area (Å²) in [6, 6.07) is 7.64. The SMILES string of the molecule is O=C(O)C1(c2cccc(OCC3CCCC3)c2)CCOCC1. The predicted octanol–water partition coefficient (Wildman–Crippen LogP) is 3.39. The third-order valence-electron chi connectivity index (χ3n) is 5.10. The Bertz CT molecular complexity index is 514. The molecule has 1 N–H and O–H groups in total. The average Bonchev–Trinajstić information content (AvgIpc) is 3.07. The fourth-order valence-corrected chi connectivity index (χ4v) is 3.62. The lowest BCUT2D eigenvalue weighted by atomic mass is 9.74. The topological polar surface area (TPSA) is 55.8 Å². The van der Waals surface area contributed by atoms with Crippen LogP contribution in [0.5, 0.6) is 5.75 Å². The van der Waals surface area contributed by atoms with Gasteiger partial charge in [0.25, 0.3) is 0 Å². The van der Waals surface area contributed by atoms with Crippen molar-refractivity contribution in [2.24, 2.45) is 5.92 Å².